The van der Waals surface area contributed by atoms with Crippen molar-refractivity contribution in [2.24, 2.45) is 5.92 Å². The SMILES string of the molecule is Cc1c(CC=O)nn([C@@H](CC(C)C)C(=O)O)c(=O)c1C. The maximum atomic E-state index is 12.2. The highest BCUT2D eigenvalue weighted by Gasteiger charge is 2.25. The van der Waals surface area contributed by atoms with E-state index in [1.165, 1.54) is 0 Å². The van der Waals surface area contributed by atoms with E-state index >= 15 is 0 Å². The second kappa shape index (κ2) is 6.45. The second-order valence-corrected chi connectivity index (χ2v) is 5.30. The van der Waals surface area contributed by atoms with Gasteiger partial charge in [0.1, 0.15) is 6.29 Å². The Labute approximate surface area is 117 Å². The number of nitrogens with zero attached hydrogens (tertiary/aromatic N) is 2. The first-order valence-electron chi connectivity index (χ1n) is 6.54. The fourth-order valence-corrected chi connectivity index (χ4v) is 2.03. The first-order chi connectivity index (χ1) is 9.29. The quantitative estimate of drug-likeness (QED) is 0.793. The van der Waals surface area contributed by atoms with Gasteiger partial charge >= 0.3 is 5.97 Å². The van der Waals surface area contributed by atoms with Crippen molar-refractivity contribution in [3.05, 3.63) is 27.2 Å². The van der Waals surface area contributed by atoms with E-state index in [4.69, 9.17) is 0 Å². The molecule has 1 N–H and O–H groups in total. The first kappa shape index (κ1) is 16.1. The summed E-state index contributed by atoms with van der Waals surface area (Å²) in [5.41, 5.74) is 1.12. The molecule has 6 nitrogen and oxygen atoms in total. The molecule has 6 heteroatoms. The number of hydrogen-bond donors (Lipinski definition) is 1. The maximum absolute atomic E-state index is 12.2. The van der Waals surface area contributed by atoms with Crippen LogP contribution < -0.4 is 5.56 Å². The lowest BCUT2D eigenvalue weighted by molar-refractivity contribution is -0.141. The van der Waals surface area contributed by atoms with Gasteiger partial charge in [0.25, 0.3) is 5.56 Å². The lowest BCUT2D eigenvalue weighted by Gasteiger charge is -2.19. The summed E-state index contributed by atoms with van der Waals surface area (Å²) < 4.78 is 1.00. The van der Waals surface area contributed by atoms with Crippen LogP contribution in [0.5, 0.6) is 0 Å². The molecule has 1 heterocycles. The summed E-state index contributed by atoms with van der Waals surface area (Å²) in [6.45, 7) is 7.10. The molecule has 0 amide bonds. The third kappa shape index (κ3) is 3.31. The van der Waals surface area contributed by atoms with Crippen molar-refractivity contribution in [1.29, 1.82) is 0 Å². The summed E-state index contributed by atoms with van der Waals surface area (Å²) >= 11 is 0. The summed E-state index contributed by atoms with van der Waals surface area (Å²) in [4.78, 5) is 34.3. The molecule has 110 valence electrons. The van der Waals surface area contributed by atoms with Gasteiger partial charge < -0.3 is 9.90 Å². The van der Waals surface area contributed by atoms with Gasteiger partial charge in [-0.05, 0) is 31.7 Å². The first-order valence-corrected chi connectivity index (χ1v) is 6.54. The summed E-state index contributed by atoms with van der Waals surface area (Å²) in [5.74, 6) is -0.977. The van der Waals surface area contributed by atoms with Gasteiger partial charge in [0.2, 0.25) is 0 Å². The van der Waals surface area contributed by atoms with E-state index in [1.807, 2.05) is 13.8 Å². The summed E-state index contributed by atoms with van der Waals surface area (Å²) in [7, 11) is 0. The standard InChI is InChI=1S/C14H20N2O4/c1-8(2)7-12(14(19)20)16-13(18)10(4)9(3)11(15-16)5-6-17/h6,8,12H,5,7H2,1-4H3,(H,19,20)/t12-/m0/s1. The average Bonchev–Trinajstić information content (AvgIpc) is 2.37. The van der Waals surface area contributed by atoms with E-state index in [1.54, 1.807) is 13.8 Å². The van der Waals surface area contributed by atoms with Crippen LogP contribution in [0.4, 0.5) is 0 Å². The van der Waals surface area contributed by atoms with Crippen molar-refractivity contribution in [3.8, 4) is 0 Å². The van der Waals surface area contributed by atoms with Crippen LogP contribution in [0.25, 0.3) is 0 Å². The Morgan fingerprint density at radius 1 is 1.35 bits per heavy atom. The fourth-order valence-electron chi connectivity index (χ4n) is 2.03. The Morgan fingerprint density at radius 3 is 2.40 bits per heavy atom. The molecule has 0 aliphatic rings. The van der Waals surface area contributed by atoms with Crippen LogP contribution in [0.15, 0.2) is 4.79 Å². The van der Waals surface area contributed by atoms with Crippen molar-refractivity contribution < 1.29 is 14.7 Å². The van der Waals surface area contributed by atoms with E-state index in [0.717, 1.165) is 4.68 Å². The molecule has 0 bridgehead atoms. The number of hydrogen-bond acceptors (Lipinski definition) is 4. The molecule has 0 radical (unpaired) electrons. The van der Waals surface area contributed by atoms with Crippen molar-refractivity contribution in [1.82, 2.24) is 9.78 Å². The van der Waals surface area contributed by atoms with Gasteiger partial charge in [0.15, 0.2) is 6.04 Å². The minimum Gasteiger partial charge on any atom is -0.480 e. The Kier molecular flexibility index (Phi) is 5.19. The Balaban J connectivity index is 3.45. The molecule has 0 fully saturated rings. The highest BCUT2D eigenvalue weighted by Crippen LogP contribution is 2.17. The average molecular weight is 280 g/mol. The van der Waals surface area contributed by atoms with Crippen molar-refractivity contribution in [2.75, 3.05) is 0 Å². The van der Waals surface area contributed by atoms with Crippen LogP contribution in [0.3, 0.4) is 0 Å². The molecule has 0 saturated heterocycles. The number of carboxylic acid groups (broad SMARTS) is 1. The van der Waals surface area contributed by atoms with Gasteiger partial charge in [-0.1, -0.05) is 13.8 Å². The van der Waals surface area contributed by atoms with Crippen molar-refractivity contribution in [3.63, 3.8) is 0 Å². The predicted octanol–water partition coefficient (Wildman–Crippen LogP) is 1.27. The van der Waals surface area contributed by atoms with Crippen molar-refractivity contribution in [2.45, 2.75) is 46.6 Å². The van der Waals surface area contributed by atoms with Crippen LogP contribution >= 0.6 is 0 Å². The van der Waals surface area contributed by atoms with E-state index in [0.29, 0.717) is 29.5 Å². The number of aliphatic carboxylic acids is 1. The molecule has 0 saturated carbocycles. The van der Waals surface area contributed by atoms with Gasteiger partial charge in [-0.2, -0.15) is 5.10 Å². The van der Waals surface area contributed by atoms with Crippen LogP contribution in [0.2, 0.25) is 0 Å². The maximum Gasteiger partial charge on any atom is 0.328 e. The molecule has 0 aliphatic carbocycles. The Morgan fingerprint density at radius 2 is 1.95 bits per heavy atom. The van der Waals surface area contributed by atoms with E-state index < -0.39 is 17.6 Å². The molecule has 0 unspecified atom stereocenters. The predicted molar refractivity (Wildman–Crippen MR) is 73.9 cm³/mol. The number of aromatic nitrogens is 2. The van der Waals surface area contributed by atoms with Crippen LogP contribution in [-0.2, 0) is 16.0 Å². The molecule has 0 spiro atoms. The minimum atomic E-state index is -1.09. The molecule has 20 heavy (non-hydrogen) atoms. The van der Waals surface area contributed by atoms with E-state index in [2.05, 4.69) is 5.10 Å². The highest BCUT2D eigenvalue weighted by atomic mass is 16.4. The molecule has 1 aromatic rings. The number of carboxylic acids is 1. The van der Waals surface area contributed by atoms with Crippen LogP contribution in [0, 0.1) is 19.8 Å². The van der Waals surface area contributed by atoms with Crippen LogP contribution in [-0.4, -0.2) is 27.1 Å². The van der Waals surface area contributed by atoms with Gasteiger partial charge in [0.05, 0.1) is 5.69 Å². The third-order valence-electron chi connectivity index (χ3n) is 3.30. The third-order valence-corrected chi connectivity index (χ3v) is 3.30. The lowest BCUT2D eigenvalue weighted by atomic mass is 10.0. The second-order valence-electron chi connectivity index (χ2n) is 5.30. The molecule has 1 atom stereocenters. The van der Waals surface area contributed by atoms with Gasteiger partial charge in [-0.15, -0.1) is 0 Å². The summed E-state index contributed by atoms with van der Waals surface area (Å²) in [6.07, 6.45) is 1.08. The topological polar surface area (TPSA) is 89.3 Å². The monoisotopic (exact) mass is 280 g/mol. The zero-order chi connectivity index (χ0) is 15.4. The Bertz CT molecular complexity index is 575. The molecule has 0 aromatic carbocycles. The number of carbonyl (C=O) groups is 2. The van der Waals surface area contributed by atoms with E-state index in [-0.39, 0.29) is 12.3 Å². The number of carbonyl (C=O) groups excluding carboxylic acids is 1. The molecular formula is C14H20N2O4. The smallest absolute Gasteiger partial charge is 0.328 e. The van der Waals surface area contributed by atoms with Gasteiger partial charge in [-0.3, -0.25) is 4.79 Å². The zero-order valence-corrected chi connectivity index (χ0v) is 12.2. The normalized spacial score (nSPS) is 12.4. The summed E-state index contributed by atoms with van der Waals surface area (Å²) in [5, 5.41) is 13.4. The zero-order valence-electron chi connectivity index (χ0n) is 12.2. The van der Waals surface area contributed by atoms with Crippen LogP contribution in [0.1, 0.15) is 43.1 Å². The fraction of sp³-hybridized carbons (Fsp3) is 0.571. The summed E-state index contributed by atoms with van der Waals surface area (Å²) in [6, 6.07) is -1.01. The van der Waals surface area contributed by atoms with Crippen molar-refractivity contribution >= 4 is 12.3 Å². The molecule has 1 rings (SSSR count). The lowest BCUT2D eigenvalue weighted by Crippen LogP contribution is -2.35. The number of aldehydes is 1. The highest BCUT2D eigenvalue weighted by molar-refractivity contribution is 5.71. The molecular weight excluding hydrogens is 260 g/mol. The molecule has 1 aromatic heterocycles. The van der Waals surface area contributed by atoms with Gasteiger partial charge in [0, 0.05) is 12.0 Å². The minimum absolute atomic E-state index is 0.0704. The van der Waals surface area contributed by atoms with E-state index in [9.17, 15) is 19.5 Å². The number of rotatable bonds is 6. The molecule has 0 aliphatic heterocycles. The Hall–Kier alpha value is -1.98. The van der Waals surface area contributed by atoms with Gasteiger partial charge in [-0.25, -0.2) is 9.48 Å². The largest absolute Gasteiger partial charge is 0.480 e.